The lowest BCUT2D eigenvalue weighted by atomic mass is 9.98. The predicted molar refractivity (Wildman–Crippen MR) is 96.2 cm³/mol. The van der Waals surface area contributed by atoms with Gasteiger partial charge in [-0.05, 0) is 36.2 Å². The van der Waals surface area contributed by atoms with Crippen molar-refractivity contribution < 1.29 is 17.9 Å². The minimum Gasteiger partial charge on any atom is -0.380 e. The molecule has 0 radical (unpaired) electrons. The Hall–Kier alpha value is -2.89. The topological polar surface area (TPSA) is 68.3 Å². The molecule has 0 saturated heterocycles. The van der Waals surface area contributed by atoms with E-state index in [0.29, 0.717) is 22.4 Å². The Kier molecular flexibility index (Phi) is 4.91. The molecule has 2 aromatic carbocycles. The Morgan fingerprint density at radius 1 is 1.22 bits per heavy atom. The third kappa shape index (κ3) is 3.65. The first-order valence-corrected chi connectivity index (χ1v) is 8.11. The lowest BCUT2D eigenvalue weighted by Crippen LogP contribution is -2.26. The molecular formula is C19H17F3N4O. The molecule has 0 spiro atoms. The van der Waals surface area contributed by atoms with Crippen molar-refractivity contribution >= 4 is 16.7 Å². The van der Waals surface area contributed by atoms with Gasteiger partial charge in [-0.2, -0.15) is 13.2 Å². The smallest absolute Gasteiger partial charge is 0.380 e. The van der Waals surface area contributed by atoms with Crippen LogP contribution >= 0.6 is 0 Å². The molecule has 0 aliphatic rings. The van der Waals surface area contributed by atoms with Gasteiger partial charge in [-0.1, -0.05) is 18.2 Å². The first-order chi connectivity index (χ1) is 12.7. The number of ether oxygens (including phenoxy) is 1. The Morgan fingerprint density at radius 3 is 2.59 bits per heavy atom. The van der Waals surface area contributed by atoms with E-state index in [9.17, 15) is 13.2 Å². The second-order valence-corrected chi connectivity index (χ2v) is 6.16. The molecule has 0 bridgehead atoms. The molecule has 0 unspecified atom stereocenters. The van der Waals surface area contributed by atoms with Crippen molar-refractivity contribution in [2.45, 2.75) is 25.2 Å². The number of methoxy groups -OCH3 is 1. The Labute approximate surface area is 153 Å². The summed E-state index contributed by atoms with van der Waals surface area (Å²) in [6.07, 6.45) is -4.84. The van der Waals surface area contributed by atoms with Crippen LogP contribution in [-0.4, -0.2) is 23.2 Å². The molecule has 3 N–H and O–H groups in total. The minimum absolute atomic E-state index is 0.00232. The number of hydrogen-bond acceptors (Lipinski definition) is 3. The maximum Gasteiger partial charge on any atom is 0.415 e. The molecule has 27 heavy (non-hydrogen) atoms. The average molecular weight is 374 g/mol. The van der Waals surface area contributed by atoms with Crippen molar-refractivity contribution in [1.82, 2.24) is 9.97 Å². The summed E-state index contributed by atoms with van der Waals surface area (Å²) in [6.45, 7) is 8.75. The van der Waals surface area contributed by atoms with Crippen molar-refractivity contribution in [3.63, 3.8) is 0 Å². The molecule has 0 amide bonds. The number of alkyl halides is 3. The summed E-state index contributed by atoms with van der Waals surface area (Å²) < 4.78 is 45.5. The van der Waals surface area contributed by atoms with Gasteiger partial charge >= 0.3 is 6.18 Å². The predicted octanol–water partition coefficient (Wildman–Crippen LogP) is 4.83. The van der Waals surface area contributed by atoms with E-state index < -0.39 is 17.8 Å². The van der Waals surface area contributed by atoms with Crippen molar-refractivity contribution in [3.05, 3.63) is 59.2 Å². The summed E-state index contributed by atoms with van der Waals surface area (Å²) in [5, 5.41) is 0. The summed E-state index contributed by atoms with van der Waals surface area (Å²) >= 11 is 0. The molecule has 1 heterocycles. The van der Waals surface area contributed by atoms with Gasteiger partial charge in [0.05, 0.1) is 35.3 Å². The van der Waals surface area contributed by atoms with E-state index in [1.807, 2.05) is 0 Å². The van der Waals surface area contributed by atoms with Gasteiger partial charge in [0.25, 0.3) is 0 Å². The molecule has 5 nitrogen and oxygen atoms in total. The zero-order chi connectivity index (χ0) is 19.8. The van der Waals surface area contributed by atoms with Gasteiger partial charge in [-0.25, -0.2) is 9.83 Å². The number of nitrogens with one attached hydrogen (secondary N) is 1. The number of imidazole rings is 1. The zero-order valence-corrected chi connectivity index (χ0v) is 14.6. The second kappa shape index (κ2) is 7.02. The molecule has 0 aliphatic heterocycles. The summed E-state index contributed by atoms with van der Waals surface area (Å²) in [6, 6.07) is 7.86. The fourth-order valence-corrected chi connectivity index (χ4v) is 2.81. The van der Waals surface area contributed by atoms with Crippen LogP contribution < -0.4 is 5.73 Å². The van der Waals surface area contributed by atoms with Crippen molar-refractivity contribution in [2.75, 3.05) is 7.11 Å². The fraction of sp³-hybridized carbons (Fsp3) is 0.263. The van der Waals surface area contributed by atoms with Crippen LogP contribution in [0.15, 0.2) is 36.4 Å². The third-order valence-electron chi connectivity index (χ3n) is 4.44. The number of H-pyrrole nitrogens is 1. The highest BCUT2D eigenvalue weighted by Crippen LogP contribution is 2.39. The van der Waals surface area contributed by atoms with E-state index in [0.717, 1.165) is 6.07 Å². The number of rotatable bonds is 4. The van der Waals surface area contributed by atoms with E-state index >= 15 is 0 Å². The van der Waals surface area contributed by atoms with Gasteiger partial charge < -0.3 is 15.5 Å². The van der Waals surface area contributed by atoms with Crippen LogP contribution in [0.1, 0.15) is 24.4 Å². The highest BCUT2D eigenvalue weighted by Gasteiger charge is 2.34. The summed E-state index contributed by atoms with van der Waals surface area (Å²) in [5.74, 6) is 0.496. The highest BCUT2D eigenvalue weighted by atomic mass is 19.4. The fourth-order valence-electron chi connectivity index (χ4n) is 2.81. The maximum atomic E-state index is 13.4. The number of nitrogens with zero attached hydrogens (tertiary/aromatic N) is 2. The molecule has 0 fully saturated rings. The van der Waals surface area contributed by atoms with E-state index in [1.165, 1.54) is 19.2 Å². The Balaban J connectivity index is 2.10. The van der Waals surface area contributed by atoms with Crippen LogP contribution in [0.25, 0.3) is 27.0 Å². The van der Waals surface area contributed by atoms with Crippen LogP contribution in [0.5, 0.6) is 0 Å². The lowest BCUT2D eigenvalue weighted by Gasteiger charge is -2.15. The standard InChI is InChI=1S/C19H17F3N4O/c1-10(27-3)17(23)18-25-15-7-4-11(8-16(15)26-18)13-6-5-12(24-2)9-14(13)19(20,21)22/h4-10,17H,23H2,1,3H3,(H,25,26)/t10-,17+/m1/s1. The van der Waals surface area contributed by atoms with E-state index in [-0.39, 0.29) is 17.4 Å². The minimum atomic E-state index is -4.57. The molecule has 3 aromatic rings. The van der Waals surface area contributed by atoms with Crippen molar-refractivity contribution in [1.29, 1.82) is 0 Å². The van der Waals surface area contributed by atoms with Gasteiger partial charge in [0, 0.05) is 7.11 Å². The summed E-state index contributed by atoms with van der Waals surface area (Å²) in [4.78, 5) is 10.5. The maximum absolute atomic E-state index is 13.4. The number of nitrogens with two attached hydrogens (primary N) is 1. The molecule has 3 rings (SSSR count). The second-order valence-electron chi connectivity index (χ2n) is 6.16. The van der Waals surface area contributed by atoms with Crippen LogP contribution in [0.2, 0.25) is 0 Å². The van der Waals surface area contributed by atoms with E-state index in [2.05, 4.69) is 14.8 Å². The Morgan fingerprint density at radius 2 is 1.96 bits per heavy atom. The summed E-state index contributed by atoms with van der Waals surface area (Å²) in [5.41, 5.74) is 6.71. The molecule has 140 valence electrons. The normalized spacial score (nSPS) is 14.1. The van der Waals surface area contributed by atoms with Crippen LogP contribution in [0.3, 0.4) is 0 Å². The number of aromatic nitrogens is 2. The lowest BCUT2D eigenvalue weighted by molar-refractivity contribution is -0.137. The molecule has 0 aliphatic carbocycles. The van der Waals surface area contributed by atoms with Crippen LogP contribution in [-0.2, 0) is 10.9 Å². The quantitative estimate of drug-likeness (QED) is 0.643. The molecule has 8 heteroatoms. The molecule has 2 atom stereocenters. The monoisotopic (exact) mass is 374 g/mol. The van der Waals surface area contributed by atoms with Crippen LogP contribution in [0, 0.1) is 6.57 Å². The van der Waals surface area contributed by atoms with Gasteiger partial charge in [0.2, 0.25) is 0 Å². The third-order valence-corrected chi connectivity index (χ3v) is 4.44. The van der Waals surface area contributed by atoms with Gasteiger partial charge in [0.1, 0.15) is 5.82 Å². The molecule has 1 aromatic heterocycles. The van der Waals surface area contributed by atoms with E-state index in [1.54, 1.807) is 25.1 Å². The first-order valence-electron chi connectivity index (χ1n) is 8.11. The number of halogens is 3. The van der Waals surface area contributed by atoms with Crippen molar-refractivity contribution in [3.8, 4) is 11.1 Å². The van der Waals surface area contributed by atoms with Gasteiger partial charge in [-0.15, -0.1) is 0 Å². The van der Waals surface area contributed by atoms with Crippen LogP contribution in [0.4, 0.5) is 18.9 Å². The first kappa shape index (κ1) is 18.9. The van der Waals surface area contributed by atoms with Gasteiger partial charge in [-0.3, -0.25) is 0 Å². The summed E-state index contributed by atoms with van der Waals surface area (Å²) in [7, 11) is 1.54. The van der Waals surface area contributed by atoms with Gasteiger partial charge in [0.15, 0.2) is 5.69 Å². The van der Waals surface area contributed by atoms with E-state index in [4.69, 9.17) is 17.0 Å². The Bertz CT molecular complexity index is 1020. The highest BCUT2D eigenvalue weighted by molar-refractivity contribution is 5.83. The zero-order valence-electron chi connectivity index (χ0n) is 14.6. The molecular weight excluding hydrogens is 357 g/mol. The van der Waals surface area contributed by atoms with Crippen molar-refractivity contribution in [2.24, 2.45) is 5.73 Å². The number of aromatic amines is 1. The number of benzene rings is 2. The average Bonchev–Trinajstić information content (AvgIpc) is 3.08. The largest absolute Gasteiger partial charge is 0.415 e. The SMILES string of the molecule is [C-]#[N+]c1ccc(-c2ccc3nc([C@@H](N)[C@@H](C)OC)[nH]c3c2)c(C(F)(F)F)c1. The number of hydrogen-bond donors (Lipinski definition) is 2. The number of fused-ring (bicyclic) bond motifs is 1. The molecule has 0 saturated carbocycles.